The molecule has 0 aliphatic carbocycles. The van der Waals surface area contributed by atoms with Crippen LogP contribution in [-0.2, 0) is 0 Å². The number of carboxylic acid groups (broad SMARTS) is 1. The molecule has 0 saturated carbocycles. The first-order valence-corrected chi connectivity index (χ1v) is 5.74. The van der Waals surface area contributed by atoms with E-state index in [9.17, 15) is 4.79 Å². The Labute approximate surface area is 101 Å². The lowest BCUT2D eigenvalue weighted by molar-refractivity contribution is 0.0696. The number of hydrogen-bond donors (Lipinski definition) is 1. The molecule has 5 heteroatoms. The van der Waals surface area contributed by atoms with Crippen molar-refractivity contribution in [1.82, 2.24) is 4.98 Å². The molecule has 1 aromatic carbocycles. The van der Waals surface area contributed by atoms with Crippen LogP contribution in [0.25, 0.3) is 10.4 Å². The lowest BCUT2D eigenvalue weighted by Crippen LogP contribution is -1.93. The molecule has 1 N–H and O–H groups in total. The quantitative estimate of drug-likeness (QED) is 0.892. The van der Waals surface area contributed by atoms with Gasteiger partial charge in [-0.1, -0.05) is 23.7 Å². The van der Waals surface area contributed by atoms with E-state index in [-0.39, 0.29) is 5.01 Å². The van der Waals surface area contributed by atoms with Crippen LogP contribution >= 0.6 is 22.9 Å². The fraction of sp³-hybridized carbons (Fsp3) is 0.0909. The zero-order valence-electron chi connectivity index (χ0n) is 8.40. The second-order valence-electron chi connectivity index (χ2n) is 3.25. The molecule has 0 saturated heterocycles. The van der Waals surface area contributed by atoms with Gasteiger partial charge in [0.15, 0.2) is 0 Å². The number of halogens is 1. The van der Waals surface area contributed by atoms with Crippen molar-refractivity contribution in [3.63, 3.8) is 0 Å². The van der Waals surface area contributed by atoms with Gasteiger partial charge in [-0.05, 0) is 24.6 Å². The number of benzene rings is 1. The molecular weight excluding hydrogens is 246 g/mol. The van der Waals surface area contributed by atoms with E-state index >= 15 is 0 Å². The molecule has 0 unspecified atom stereocenters. The Kier molecular flexibility index (Phi) is 2.94. The first-order chi connectivity index (χ1) is 7.58. The topological polar surface area (TPSA) is 50.2 Å². The predicted molar refractivity (Wildman–Crippen MR) is 64.3 cm³/mol. The summed E-state index contributed by atoms with van der Waals surface area (Å²) in [4.78, 5) is 15.6. The molecule has 0 fully saturated rings. The molecule has 1 aromatic heterocycles. The van der Waals surface area contributed by atoms with Crippen molar-refractivity contribution in [2.45, 2.75) is 6.92 Å². The Hall–Kier alpha value is -1.39. The van der Waals surface area contributed by atoms with Gasteiger partial charge in [-0.15, -0.1) is 11.3 Å². The molecule has 0 bridgehead atoms. The lowest BCUT2D eigenvalue weighted by atomic mass is 10.2. The summed E-state index contributed by atoms with van der Waals surface area (Å²) in [6.45, 7) is 1.80. The SMILES string of the molecule is Cc1nc(C(=O)O)sc1-c1ccc(Cl)cc1. The molecule has 16 heavy (non-hydrogen) atoms. The molecule has 0 amide bonds. The Bertz CT molecular complexity index is 533. The molecule has 0 radical (unpaired) electrons. The van der Waals surface area contributed by atoms with Crippen LogP contribution in [0.1, 0.15) is 15.5 Å². The third-order valence-electron chi connectivity index (χ3n) is 2.09. The number of nitrogens with zero attached hydrogens (tertiary/aromatic N) is 1. The number of aryl methyl sites for hydroxylation is 1. The smallest absolute Gasteiger partial charge is 0.365 e. The normalized spacial score (nSPS) is 10.4. The average Bonchev–Trinajstić information content (AvgIpc) is 2.62. The maximum absolute atomic E-state index is 10.8. The number of aromatic carboxylic acids is 1. The van der Waals surface area contributed by atoms with Crippen molar-refractivity contribution in [3.05, 3.63) is 40.0 Å². The number of thiazole rings is 1. The van der Waals surface area contributed by atoms with Gasteiger partial charge in [0.1, 0.15) is 0 Å². The lowest BCUT2D eigenvalue weighted by Gasteiger charge is -1.97. The van der Waals surface area contributed by atoms with E-state index in [2.05, 4.69) is 4.98 Å². The minimum atomic E-state index is -0.992. The van der Waals surface area contributed by atoms with E-state index in [0.717, 1.165) is 16.1 Å². The monoisotopic (exact) mass is 253 g/mol. The Balaban J connectivity index is 2.47. The van der Waals surface area contributed by atoms with Crippen LogP contribution in [0.3, 0.4) is 0 Å². The predicted octanol–water partition coefficient (Wildman–Crippen LogP) is 3.47. The number of carboxylic acids is 1. The summed E-state index contributed by atoms with van der Waals surface area (Å²) in [7, 11) is 0. The van der Waals surface area contributed by atoms with Gasteiger partial charge in [-0.2, -0.15) is 0 Å². The first-order valence-electron chi connectivity index (χ1n) is 4.54. The van der Waals surface area contributed by atoms with Crippen molar-refractivity contribution in [1.29, 1.82) is 0 Å². The van der Waals surface area contributed by atoms with Crippen molar-refractivity contribution in [2.24, 2.45) is 0 Å². The highest BCUT2D eigenvalue weighted by molar-refractivity contribution is 7.17. The molecule has 2 aromatic rings. The molecule has 0 spiro atoms. The summed E-state index contributed by atoms with van der Waals surface area (Å²) in [5.74, 6) is -0.992. The third kappa shape index (κ3) is 2.08. The van der Waals surface area contributed by atoms with Crippen molar-refractivity contribution >= 4 is 28.9 Å². The van der Waals surface area contributed by atoms with Gasteiger partial charge in [-0.25, -0.2) is 9.78 Å². The van der Waals surface area contributed by atoms with Crippen molar-refractivity contribution in [2.75, 3.05) is 0 Å². The van der Waals surface area contributed by atoms with Gasteiger partial charge in [0.05, 0.1) is 10.6 Å². The van der Waals surface area contributed by atoms with Gasteiger partial charge >= 0.3 is 5.97 Å². The fourth-order valence-corrected chi connectivity index (χ4v) is 2.39. The Morgan fingerprint density at radius 2 is 2.00 bits per heavy atom. The molecular formula is C11H8ClNO2S. The van der Waals surface area contributed by atoms with Crippen LogP contribution in [-0.4, -0.2) is 16.1 Å². The number of carbonyl (C=O) groups is 1. The maximum atomic E-state index is 10.8. The first kappa shape index (κ1) is 11.1. The van der Waals surface area contributed by atoms with E-state index in [4.69, 9.17) is 16.7 Å². The van der Waals surface area contributed by atoms with Crippen LogP contribution in [0.15, 0.2) is 24.3 Å². The van der Waals surface area contributed by atoms with E-state index in [0.29, 0.717) is 5.02 Å². The third-order valence-corrected chi connectivity index (χ3v) is 3.53. The number of aromatic nitrogens is 1. The summed E-state index contributed by atoms with van der Waals surface area (Å²) < 4.78 is 0. The summed E-state index contributed by atoms with van der Waals surface area (Å²) in [5.41, 5.74) is 1.66. The minimum absolute atomic E-state index is 0.113. The highest BCUT2D eigenvalue weighted by atomic mass is 35.5. The van der Waals surface area contributed by atoms with E-state index in [1.165, 1.54) is 11.3 Å². The molecule has 0 aliphatic rings. The molecule has 3 nitrogen and oxygen atoms in total. The van der Waals surface area contributed by atoms with E-state index < -0.39 is 5.97 Å². The van der Waals surface area contributed by atoms with Gasteiger partial charge in [0.2, 0.25) is 5.01 Å². The van der Waals surface area contributed by atoms with Crippen molar-refractivity contribution in [3.8, 4) is 10.4 Å². The zero-order valence-corrected chi connectivity index (χ0v) is 9.97. The zero-order chi connectivity index (χ0) is 11.7. The van der Waals surface area contributed by atoms with Crippen LogP contribution in [0, 0.1) is 6.92 Å². The Morgan fingerprint density at radius 1 is 1.38 bits per heavy atom. The maximum Gasteiger partial charge on any atom is 0.365 e. The van der Waals surface area contributed by atoms with Gasteiger partial charge in [0.25, 0.3) is 0 Å². The molecule has 2 rings (SSSR count). The standard InChI is InChI=1S/C11H8ClNO2S/c1-6-9(16-10(13-6)11(14)15)7-2-4-8(12)5-3-7/h2-5H,1H3,(H,14,15). The van der Waals surface area contributed by atoms with Crippen LogP contribution in [0.4, 0.5) is 0 Å². The minimum Gasteiger partial charge on any atom is -0.476 e. The summed E-state index contributed by atoms with van der Waals surface area (Å²) >= 11 is 6.96. The van der Waals surface area contributed by atoms with Gasteiger partial charge in [0, 0.05) is 5.02 Å². The average molecular weight is 254 g/mol. The highest BCUT2D eigenvalue weighted by Gasteiger charge is 2.14. The van der Waals surface area contributed by atoms with Gasteiger partial charge in [-0.3, -0.25) is 0 Å². The van der Waals surface area contributed by atoms with Gasteiger partial charge < -0.3 is 5.11 Å². The van der Waals surface area contributed by atoms with E-state index in [1.54, 1.807) is 19.1 Å². The van der Waals surface area contributed by atoms with Crippen LogP contribution in [0.2, 0.25) is 5.02 Å². The summed E-state index contributed by atoms with van der Waals surface area (Å²) in [5, 5.41) is 9.61. The van der Waals surface area contributed by atoms with E-state index in [1.807, 2.05) is 12.1 Å². The number of rotatable bonds is 2. The van der Waals surface area contributed by atoms with Crippen LogP contribution in [0.5, 0.6) is 0 Å². The second-order valence-corrected chi connectivity index (χ2v) is 4.68. The van der Waals surface area contributed by atoms with Crippen LogP contribution < -0.4 is 0 Å². The Morgan fingerprint density at radius 3 is 2.50 bits per heavy atom. The molecule has 1 heterocycles. The number of hydrogen-bond acceptors (Lipinski definition) is 3. The summed E-state index contributed by atoms with van der Waals surface area (Å²) in [6.07, 6.45) is 0. The second kappa shape index (κ2) is 4.23. The molecule has 0 aliphatic heterocycles. The van der Waals surface area contributed by atoms with Crippen molar-refractivity contribution < 1.29 is 9.90 Å². The molecule has 0 atom stereocenters. The summed E-state index contributed by atoms with van der Waals surface area (Å²) in [6, 6.07) is 7.26. The fourth-order valence-electron chi connectivity index (χ4n) is 1.36. The molecule has 82 valence electrons. The highest BCUT2D eigenvalue weighted by Crippen LogP contribution is 2.30. The largest absolute Gasteiger partial charge is 0.476 e.